The van der Waals surface area contributed by atoms with Crippen LogP contribution in [0.25, 0.3) is 5.69 Å². The molecule has 0 saturated heterocycles. The van der Waals surface area contributed by atoms with Crippen molar-refractivity contribution in [1.29, 1.82) is 0 Å². The molecule has 0 bridgehead atoms. The second kappa shape index (κ2) is 8.26. The number of rotatable bonds is 5. The van der Waals surface area contributed by atoms with E-state index in [2.05, 4.69) is 15.6 Å². The minimum Gasteiger partial charge on any atom is -0.339 e. The van der Waals surface area contributed by atoms with E-state index < -0.39 is 29.3 Å². The summed E-state index contributed by atoms with van der Waals surface area (Å²) in [6.45, 7) is 0.617. The second-order valence-corrected chi connectivity index (χ2v) is 5.00. The van der Waals surface area contributed by atoms with E-state index in [1.165, 1.54) is 7.05 Å². The van der Waals surface area contributed by atoms with E-state index in [1.807, 2.05) is 0 Å². The third-order valence-electron chi connectivity index (χ3n) is 3.26. The van der Waals surface area contributed by atoms with Gasteiger partial charge in [0, 0.05) is 20.1 Å². The first-order chi connectivity index (χ1) is 11.3. The van der Waals surface area contributed by atoms with E-state index in [-0.39, 0.29) is 24.6 Å². The summed E-state index contributed by atoms with van der Waals surface area (Å²) in [7, 11) is 3.03. The van der Waals surface area contributed by atoms with Crippen molar-refractivity contribution in [3.63, 3.8) is 0 Å². The quantitative estimate of drug-likeness (QED) is 0.806. The standard InChI is InChI=1S/C14H15F4N5O.ClH/c1-19-7-8-22(2)13(24)11-12(14(16,17)18)23(21-20-11)10-5-3-9(15)4-6-10;/h3-6,19H,7-8H2,1-2H3;1H. The maximum Gasteiger partial charge on any atom is 0.435 e. The Morgan fingerprint density at radius 2 is 1.88 bits per heavy atom. The monoisotopic (exact) mass is 381 g/mol. The van der Waals surface area contributed by atoms with Gasteiger partial charge >= 0.3 is 6.18 Å². The van der Waals surface area contributed by atoms with Crippen LogP contribution in [0.5, 0.6) is 0 Å². The van der Waals surface area contributed by atoms with Gasteiger partial charge in [-0.25, -0.2) is 9.07 Å². The lowest BCUT2D eigenvalue weighted by atomic mass is 10.2. The molecule has 0 aliphatic rings. The summed E-state index contributed by atoms with van der Waals surface area (Å²) in [4.78, 5) is 13.4. The molecule has 1 amide bonds. The zero-order valence-electron chi connectivity index (χ0n) is 13.3. The molecule has 6 nitrogen and oxygen atoms in total. The number of carbonyl (C=O) groups is 1. The molecule has 1 aromatic carbocycles. The van der Waals surface area contributed by atoms with Crippen LogP contribution in [0, 0.1) is 5.82 Å². The molecule has 0 atom stereocenters. The van der Waals surface area contributed by atoms with Crippen LogP contribution >= 0.6 is 12.4 Å². The predicted octanol–water partition coefficient (Wildman–Crippen LogP) is 2.14. The van der Waals surface area contributed by atoms with Crippen LogP contribution in [0.1, 0.15) is 16.2 Å². The predicted molar refractivity (Wildman–Crippen MR) is 84.5 cm³/mol. The molecule has 1 N–H and O–H groups in total. The average Bonchev–Trinajstić information content (AvgIpc) is 2.97. The topological polar surface area (TPSA) is 63.1 Å². The van der Waals surface area contributed by atoms with Gasteiger partial charge in [-0.2, -0.15) is 13.2 Å². The van der Waals surface area contributed by atoms with Gasteiger partial charge in [0.1, 0.15) is 5.82 Å². The highest BCUT2D eigenvalue weighted by molar-refractivity contribution is 5.93. The van der Waals surface area contributed by atoms with Crippen LogP contribution in [0.3, 0.4) is 0 Å². The lowest BCUT2D eigenvalue weighted by molar-refractivity contribution is -0.143. The van der Waals surface area contributed by atoms with Crippen molar-refractivity contribution >= 4 is 18.3 Å². The fraction of sp³-hybridized carbons (Fsp3) is 0.357. The second-order valence-electron chi connectivity index (χ2n) is 5.00. The van der Waals surface area contributed by atoms with Crippen LogP contribution in [0.4, 0.5) is 17.6 Å². The number of alkyl halides is 3. The van der Waals surface area contributed by atoms with E-state index in [1.54, 1.807) is 7.05 Å². The Morgan fingerprint density at radius 3 is 2.40 bits per heavy atom. The summed E-state index contributed by atoms with van der Waals surface area (Å²) in [5.74, 6) is -1.50. The Balaban J connectivity index is 0.00000312. The molecule has 0 radical (unpaired) electrons. The number of benzene rings is 1. The molecular weight excluding hydrogens is 366 g/mol. The first-order valence-electron chi connectivity index (χ1n) is 6.94. The van der Waals surface area contributed by atoms with Crippen molar-refractivity contribution in [3.05, 3.63) is 41.5 Å². The maximum atomic E-state index is 13.4. The summed E-state index contributed by atoms with van der Waals surface area (Å²) in [6, 6.07) is 4.24. The summed E-state index contributed by atoms with van der Waals surface area (Å²) >= 11 is 0. The van der Waals surface area contributed by atoms with Crippen LogP contribution in [0.2, 0.25) is 0 Å². The van der Waals surface area contributed by atoms with Crippen molar-refractivity contribution in [2.45, 2.75) is 6.18 Å². The van der Waals surface area contributed by atoms with Crippen LogP contribution in [0.15, 0.2) is 24.3 Å². The number of aromatic nitrogens is 3. The minimum atomic E-state index is -4.85. The molecule has 0 fully saturated rings. The van der Waals surface area contributed by atoms with Gasteiger partial charge in [-0.05, 0) is 31.3 Å². The number of hydrogen-bond donors (Lipinski definition) is 1. The Kier molecular flexibility index (Phi) is 6.88. The largest absolute Gasteiger partial charge is 0.435 e. The highest BCUT2D eigenvalue weighted by atomic mass is 35.5. The number of likely N-dealkylation sites (N-methyl/N-ethyl adjacent to an activating group) is 2. The van der Waals surface area contributed by atoms with E-state index >= 15 is 0 Å². The van der Waals surface area contributed by atoms with Gasteiger partial charge in [0.2, 0.25) is 0 Å². The van der Waals surface area contributed by atoms with Gasteiger partial charge in [-0.15, -0.1) is 17.5 Å². The SMILES string of the molecule is CNCCN(C)C(=O)c1nnn(-c2ccc(F)cc2)c1C(F)(F)F.Cl. The average molecular weight is 382 g/mol. The highest BCUT2D eigenvalue weighted by Gasteiger charge is 2.42. The highest BCUT2D eigenvalue weighted by Crippen LogP contribution is 2.33. The van der Waals surface area contributed by atoms with Gasteiger partial charge in [-0.3, -0.25) is 4.79 Å². The molecule has 0 aliphatic heterocycles. The van der Waals surface area contributed by atoms with Crippen molar-refractivity contribution in [2.75, 3.05) is 27.2 Å². The van der Waals surface area contributed by atoms with Gasteiger partial charge in [-0.1, -0.05) is 5.21 Å². The third-order valence-corrected chi connectivity index (χ3v) is 3.26. The molecule has 0 aliphatic carbocycles. The lowest BCUT2D eigenvalue weighted by Gasteiger charge is -2.17. The number of halogens is 5. The molecule has 138 valence electrons. The fourth-order valence-corrected chi connectivity index (χ4v) is 2.01. The van der Waals surface area contributed by atoms with Gasteiger partial charge in [0.15, 0.2) is 11.4 Å². The Bertz CT molecular complexity index is 717. The molecule has 1 aromatic heterocycles. The van der Waals surface area contributed by atoms with Crippen LogP contribution in [-0.2, 0) is 6.18 Å². The molecule has 2 rings (SSSR count). The Labute approximate surface area is 147 Å². The van der Waals surface area contributed by atoms with Crippen molar-refractivity contribution in [3.8, 4) is 5.69 Å². The summed E-state index contributed by atoms with van der Waals surface area (Å²) < 4.78 is 53.7. The molecule has 0 saturated carbocycles. The van der Waals surface area contributed by atoms with Crippen LogP contribution in [-0.4, -0.2) is 53.0 Å². The Hall–Kier alpha value is -2.20. The third kappa shape index (κ3) is 4.67. The van der Waals surface area contributed by atoms with E-state index in [0.717, 1.165) is 29.2 Å². The first-order valence-corrected chi connectivity index (χ1v) is 6.94. The van der Waals surface area contributed by atoms with E-state index in [9.17, 15) is 22.4 Å². The van der Waals surface area contributed by atoms with Crippen molar-refractivity contribution < 1.29 is 22.4 Å². The number of hydrogen-bond acceptors (Lipinski definition) is 4. The van der Waals surface area contributed by atoms with Gasteiger partial charge < -0.3 is 10.2 Å². The molecule has 0 unspecified atom stereocenters. The molecule has 1 heterocycles. The fourth-order valence-electron chi connectivity index (χ4n) is 2.01. The Morgan fingerprint density at radius 1 is 1.28 bits per heavy atom. The minimum absolute atomic E-state index is 0. The van der Waals surface area contributed by atoms with Crippen LogP contribution < -0.4 is 5.32 Å². The number of nitrogens with zero attached hydrogens (tertiary/aromatic N) is 4. The normalized spacial score (nSPS) is 11.1. The number of nitrogens with one attached hydrogen (secondary N) is 1. The van der Waals surface area contributed by atoms with Gasteiger partial charge in [0.05, 0.1) is 5.69 Å². The number of amides is 1. The molecule has 11 heteroatoms. The first kappa shape index (κ1) is 20.8. The molecule has 0 spiro atoms. The van der Waals surface area contributed by atoms with Crippen molar-refractivity contribution in [1.82, 2.24) is 25.2 Å². The molecular formula is C14H16ClF4N5O. The summed E-state index contributed by atoms with van der Waals surface area (Å²) in [6.07, 6.45) is -4.85. The number of carbonyl (C=O) groups excluding carboxylic acids is 1. The lowest BCUT2D eigenvalue weighted by Crippen LogP contribution is -2.34. The molecule has 25 heavy (non-hydrogen) atoms. The van der Waals surface area contributed by atoms with E-state index in [0.29, 0.717) is 11.2 Å². The maximum absolute atomic E-state index is 13.4. The zero-order valence-corrected chi connectivity index (χ0v) is 14.2. The van der Waals surface area contributed by atoms with Crippen molar-refractivity contribution in [2.24, 2.45) is 0 Å². The van der Waals surface area contributed by atoms with Gasteiger partial charge in [0.25, 0.3) is 5.91 Å². The smallest absolute Gasteiger partial charge is 0.339 e. The summed E-state index contributed by atoms with van der Waals surface area (Å²) in [5, 5.41) is 9.62. The summed E-state index contributed by atoms with van der Waals surface area (Å²) in [5.41, 5.74) is -2.14. The van der Waals surface area contributed by atoms with E-state index in [4.69, 9.17) is 0 Å². The molecule has 2 aromatic rings. The zero-order chi connectivity index (χ0) is 17.9.